The number of hydrogen-bond donors (Lipinski definition) is 1. The predicted octanol–water partition coefficient (Wildman–Crippen LogP) is 2.05. The molecule has 1 unspecified atom stereocenters. The number of nitrogens with one attached hydrogen (secondary N) is 1. The highest BCUT2D eigenvalue weighted by Crippen LogP contribution is 2.07. The van der Waals surface area contributed by atoms with E-state index < -0.39 is 5.92 Å². The molecule has 0 aromatic heterocycles. The normalized spacial score (nSPS) is 11.4. The highest BCUT2D eigenvalue weighted by Gasteiger charge is 2.11. The van der Waals surface area contributed by atoms with Gasteiger partial charge < -0.3 is 5.41 Å². The molecule has 0 fully saturated rings. The lowest BCUT2D eigenvalue weighted by Gasteiger charge is -2.01. The summed E-state index contributed by atoms with van der Waals surface area (Å²) in [5.41, 5.74) is 0.592. The first-order valence-corrected chi connectivity index (χ1v) is 4.26. The smallest absolute Gasteiger partial charge is 0.164 e. The third-order valence-electron chi connectivity index (χ3n) is 1.87. The van der Waals surface area contributed by atoms with Gasteiger partial charge in [-0.1, -0.05) is 30.3 Å². The molecule has 1 aromatic carbocycles. The number of nitrogens with zero attached hydrogens (tertiary/aromatic N) is 1. The molecule has 0 spiro atoms. The van der Waals surface area contributed by atoms with Crippen molar-refractivity contribution in [3.63, 3.8) is 0 Å². The highest BCUT2D eigenvalue weighted by atomic mass is 16.1. The zero-order valence-corrected chi connectivity index (χ0v) is 7.60. The van der Waals surface area contributed by atoms with Gasteiger partial charge in [-0.25, -0.2) is 0 Å². The number of ketones is 1. The van der Waals surface area contributed by atoms with Crippen LogP contribution in [0.3, 0.4) is 0 Å². The Morgan fingerprint density at radius 3 is 2.64 bits per heavy atom. The molecule has 1 rings (SSSR count). The molecular formula is C11H10N2O. The molecule has 0 saturated carbocycles. The minimum atomic E-state index is -0.609. The van der Waals surface area contributed by atoms with Crippen molar-refractivity contribution in [2.24, 2.45) is 5.92 Å². The first-order chi connectivity index (χ1) is 6.77. The Hall–Kier alpha value is -1.95. The van der Waals surface area contributed by atoms with E-state index in [9.17, 15) is 4.79 Å². The summed E-state index contributed by atoms with van der Waals surface area (Å²) in [6, 6.07) is 10.7. The molecule has 14 heavy (non-hydrogen) atoms. The molecule has 0 bridgehead atoms. The van der Waals surface area contributed by atoms with E-state index in [0.717, 1.165) is 6.21 Å². The Morgan fingerprint density at radius 1 is 1.50 bits per heavy atom. The van der Waals surface area contributed by atoms with Gasteiger partial charge in [0.2, 0.25) is 0 Å². The van der Waals surface area contributed by atoms with E-state index >= 15 is 0 Å². The van der Waals surface area contributed by atoms with Gasteiger partial charge in [0.05, 0.1) is 12.0 Å². The number of Topliss-reactive ketones (excluding diaryl/α,β-unsaturated/α-hetero) is 1. The fourth-order valence-corrected chi connectivity index (χ4v) is 1.08. The summed E-state index contributed by atoms with van der Waals surface area (Å²) in [4.78, 5) is 11.5. The number of carbonyl (C=O) groups excluding carboxylic acids is 1. The summed E-state index contributed by atoms with van der Waals surface area (Å²) >= 11 is 0. The minimum Gasteiger partial charge on any atom is -0.312 e. The van der Waals surface area contributed by atoms with Crippen molar-refractivity contribution in [1.29, 1.82) is 10.7 Å². The topological polar surface area (TPSA) is 64.7 Å². The van der Waals surface area contributed by atoms with Gasteiger partial charge in [-0.15, -0.1) is 0 Å². The Labute approximate surface area is 82.5 Å². The summed E-state index contributed by atoms with van der Waals surface area (Å²) < 4.78 is 0. The second-order valence-electron chi connectivity index (χ2n) is 2.90. The van der Waals surface area contributed by atoms with Gasteiger partial charge in [0.1, 0.15) is 0 Å². The van der Waals surface area contributed by atoms with E-state index in [1.807, 2.05) is 12.1 Å². The van der Waals surface area contributed by atoms with Gasteiger partial charge in [-0.05, 0) is 0 Å². The molecule has 0 aliphatic heterocycles. The van der Waals surface area contributed by atoms with Gasteiger partial charge in [0, 0.05) is 18.2 Å². The predicted molar refractivity (Wildman–Crippen MR) is 53.3 cm³/mol. The Balaban J connectivity index is 2.69. The van der Waals surface area contributed by atoms with Gasteiger partial charge in [0.25, 0.3) is 0 Å². The second-order valence-corrected chi connectivity index (χ2v) is 2.90. The summed E-state index contributed by atoms with van der Waals surface area (Å²) in [5, 5.41) is 15.5. The van der Waals surface area contributed by atoms with E-state index in [4.69, 9.17) is 10.7 Å². The summed E-state index contributed by atoms with van der Waals surface area (Å²) in [6.45, 7) is 0. The number of nitriles is 1. The number of hydrogen-bond acceptors (Lipinski definition) is 3. The number of carbonyl (C=O) groups is 1. The first-order valence-electron chi connectivity index (χ1n) is 4.26. The van der Waals surface area contributed by atoms with Crippen molar-refractivity contribution in [1.82, 2.24) is 0 Å². The molecular weight excluding hydrogens is 176 g/mol. The summed E-state index contributed by atoms with van der Waals surface area (Å²) in [6.07, 6.45) is 1.09. The molecule has 0 aliphatic rings. The SMILES string of the molecule is N#CC(C=N)CC(=O)c1ccccc1. The van der Waals surface area contributed by atoms with Gasteiger partial charge >= 0.3 is 0 Å². The quantitative estimate of drug-likeness (QED) is 0.577. The van der Waals surface area contributed by atoms with Crippen LogP contribution in [0.2, 0.25) is 0 Å². The van der Waals surface area contributed by atoms with Crippen molar-refractivity contribution < 1.29 is 4.79 Å². The van der Waals surface area contributed by atoms with Gasteiger partial charge in [-0.2, -0.15) is 5.26 Å². The lowest BCUT2D eigenvalue weighted by Crippen LogP contribution is -2.07. The van der Waals surface area contributed by atoms with Crippen LogP contribution in [0, 0.1) is 22.7 Å². The van der Waals surface area contributed by atoms with Crippen LogP contribution < -0.4 is 0 Å². The van der Waals surface area contributed by atoms with Crippen LogP contribution >= 0.6 is 0 Å². The standard InChI is InChI=1S/C11H10N2O/c12-7-9(8-13)6-11(14)10-4-2-1-3-5-10/h1-5,7,9,12H,6H2. The maximum absolute atomic E-state index is 11.5. The maximum Gasteiger partial charge on any atom is 0.164 e. The highest BCUT2D eigenvalue weighted by molar-refractivity contribution is 5.97. The molecule has 0 aliphatic carbocycles. The number of benzene rings is 1. The molecule has 3 heteroatoms. The molecule has 3 nitrogen and oxygen atoms in total. The van der Waals surface area contributed by atoms with E-state index in [0.29, 0.717) is 5.56 Å². The Morgan fingerprint density at radius 2 is 2.14 bits per heavy atom. The van der Waals surface area contributed by atoms with E-state index in [1.165, 1.54) is 0 Å². The molecule has 0 radical (unpaired) electrons. The number of rotatable bonds is 4. The zero-order chi connectivity index (χ0) is 10.4. The van der Waals surface area contributed by atoms with Crippen molar-refractivity contribution in [3.05, 3.63) is 35.9 Å². The molecule has 70 valence electrons. The maximum atomic E-state index is 11.5. The minimum absolute atomic E-state index is 0.0873. The van der Waals surface area contributed by atoms with Crippen LogP contribution in [0.4, 0.5) is 0 Å². The molecule has 0 heterocycles. The van der Waals surface area contributed by atoms with Gasteiger partial charge in [0.15, 0.2) is 5.78 Å². The van der Waals surface area contributed by atoms with Gasteiger partial charge in [-0.3, -0.25) is 4.79 Å². The van der Waals surface area contributed by atoms with E-state index in [2.05, 4.69) is 0 Å². The largest absolute Gasteiger partial charge is 0.312 e. The van der Waals surface area contributed by atoms with Crippen molar-refractivity contribution in [2.45, 2.75) is 6.42 Å². The van der Waals surface area contributed by atoms with Crippen LogP contribution in [0.1, 0.15) is 16.8 Å². The van der Waals surface area contributed by atoms with Crippen LogP contribution in [0.15, 0.2) is 30.3 Å². The Bertz CT molecular complexity index is 365. The monoisotopic (exact) mass is 186 g/mol. The molecule has 0 amide bonds. The fourth-order valence-electron chi connectivity index (χ4n) is 1.08. The van der Waals surface area contributed by atoms with Crippen LogP contribution in [-0.4, -0.2) is 12.0 Å². The fraction of sp³-hybridized carbons (Fsp3) is 0.182. The lowest BCUT2D eigenvalue weighted by molar-refractivity contribution is 0.0978. The van der Waals surface area contributed by atoms with E-state index in [-0.39, 0.29) is 12.2 Å². The average molecular weight is 186 g/mol. The third-order valence-corrected chi connectivity index (χ3v) is 1.87. The third kappa shape index (κ3) is 2.53. The van der Waals surface area contributed by atoms with E-state index in [1.54, 1.807) is 24.3 Å². The average Bonchev–Trinajstić information content (AvgIpc) is 2.26. The van der Waals surface area contributed by atoms with Crippen LogP contribution in [0.5, 0.6) is 0 Å². The zero-order valence-electron chi connectivity index (χ0n) is 7.60. The second kappa shape index (κ2) is 4.93. The van der Waals surface area contributed by atoms with Crippen LogP contribution in [0.25, 0.3) is 0 Å². The van der Waals surface area contributed by atoms with Crippen molar-refractivity contribution in [3.8, 4) is 6.07 Å². The summed E-state index contributed by atoms with van der Waals surface area (Å²) in [5.74, 6) is -0.705. The summed E-state index contributed by atoms with van der Waals surface area (Å²) in [7, 11) is 0. The molecule has 1 aromatic rings. The first kappa shape index (κ1) is 10.1. The van der Waals surface area contributed by atoms with Crippen molar-refractivity contribution in [2.75, 3.05) is 0 Å². The van der Waals surface area contributed by atoms with Crippen molar-refractivity contribution >= 4 is 12.0 Å². The molecule has 1 N–H and O–H groups in total. The Kier molecular flexibility index (Phi) is 3.57. The van der Waals surface area contributed by atoms with Crippen LogP contribution in [-0.2, 0) is 0 Å². The molecule has 1 atom stereocenters. The molecule has 0 saturated heterocycles. The lowest BCUT2D eigenvalue weighted by atomic mass is 10.0.